The Labute approximate surface area is 189 Å². The number of aromatic nitrogens is 3. The number of anilines is 2. The fraction of sp³-hybridized carbons (Fsp3) is 0.400. The van der Waals surface area contributed by atoms with E-state index in [-0.39, 0.29) is 6.04 Å². The van der Waals surface area contributed by atoms with Crippen molar-refractivity contribution in [2.24, 2.45) is 4.99 Å². The maximum Gasteiger partial charge on any atom is 0.184 e. The van der Waals surface area contributed by atoms with Gasteiger partial charge in [0.05, 0.1) is 17.4 Å². The van der Waals surface area contributed by atoms with E-state index >= 15 is 0 Å². The highest BCUT2D eigenvalue weighted by Gasteiger charge is 2.31. The molecule has 0 spiro atoms. The van der Waals surface area contributed by atoms with Crippen molar-refractivity contribution in [2.75, 3.05) is 32.0 Å². The highest BCUT2D eigenvalue weighted by Crippen LogP contribution is 2.34. The Balaban J connectivity index is 1.44. The molecule has 32 heavy (non-hydrogen) atoms. The predicted octanol–water partition coefficient (Wildman–Crippen LogP) is 4.24. The van der Waals surface area contributed by atoms with Crippen LogP contribution in [0.3, 0.4) is 0 Å². The Kier molecular flexibility index (Phi) is 5.66. The van der Waals surface area contributed by atoms with Crippen molar-refractivity contribution >= 4 is 23.0 Å². The Morgan fingerprint density at radius 2 is 1.78 bits per heavy atom. The first kappa shape index (κ1) is 20.7. The summed E-state index contributed by atoms with van der Waals surface area (Å²) in [6, 6.07) is 19.6. The van der Waals surface area contributed by atoms with Crippen LogP contribution in [0.1, 0.15) is 37.6 Å². The van der Waals surface area contributed by atoms with Gasteiger partial charge in [-0.25, -0.2) is 4.99 Å². The summed E-state index contributed by atoms with van der Waals surface area (Å²) in [6.45, 7) is 7.05. The Hall–Kier alpha value is -3.19. The molecule has 0 radical (unpaired) electrons. The van der Waals surface area contributed by atoms with Gasteiger partial charge in [-0.05, 0) is 51.4 Å². The second kappa shape index (κ2) is 8.74. The lowest BCUT2D eigenvalue weighted by Gasteiger charge is -2.40. The number of likely N-dealkylation sites (N-methyl/N-ethyl adjacent to an activating group) is 1. The van der Waals surface area contributed by atoms with Crippen LogP contribution < -0.4 is 5.32 Å². The zero-order valence-corrected chi connectivity index (χ0v) is 19.1. The van der Waals surface area contributed by atoms with Crippen LogP contribution in [-0.4, -0.2) is 63.4 Å². The first-order valence-corrected chi connectivity index (χ1v) is 11.5. The van der Waals surface area contributed by atoms with Crippen LogP contribution in [0, 0.1) is 0 Å². The summed E-state index contributed by atoms with van der Waals surface area (Å²) >= 11 is 0. The summed E-state index contributed by atoms with van der Waals surface area (Å²) in [5.74, 6) is 1.70. The molecule has 0 bridgehead atoms. The second-order valence-corrected chi connectivity index (χ2v) is 8.99. The molecule has 0 aliphatic carbocycles. The van der Waals surface area contributed by atoms with Crippen LogP contribution >= 0.6 is 0 Å². The van der Waals surface area contributed by atoms with Gasteiger partial charge in [-0.3, -0.25) is 4.90 Å². The molecular weight excluding hydrogens is 398 g/mol. The Morgan fingerprint density at radius 3 is 2.59 bits per heavy atom. The number of amidine groups is 1. The number of aryl methyl sites for hydroxylation is 1. The number of benzene rings is 2. The smallest absolute Gasteiger partial charge is 0.184 e. The first-order chi connectivity index (χ1) is 15.6. The Morgan fingerprint density at radius 1 is 1.00 bits per heavy atom. The number of nitrogens with zero attached hydrogens (tertiary/aromatic N) is 6. The van der Waals surface area contributed by atoms with Crippen molar-refractivity contribution < 1.29 is 0 Å². The van der Waals surface area contributed by atoms with Gasteiger partial charge in [-0.2, -0.15) is 4.80 Å². The monoisotopic (exact) mass is 429 g/mol. The van der Waals surface area contributed by atoms with E-state index in [1.165, 1.54) is 5.56 Å². The molecule has 7 nitrogen and oxygen atoms in total. The van der Waals surface area contributed by atoms with Crippen molar-refractivity contribution in [2.45, 2.75) is 38.8 Å². The average Bonchev–Trinajstić information content (AvgIpc) is 3.16. The number of piperazine rings is 1. The van der Waals surface area contributed by atoms with E-state index in [1.807, 2.05) is 24.3 Å². The molecule has 2 aliphatic heterocycles. The van der Waals surface area contributed by atoms with E-state index in [1.54, 1.807) is 4.80 Å². The van der Waals surface area contributed by atoms with Gasteiger partial charge < -0.3 is 10.2 Å². The standard InChI is InChI=1S/C25H31N7/c1-18(2)32-28-23-24(29-32)26-21-11-7-8-12-22(21)27-25(23)31-16-15-30(3)20(17-31)14-13-19-9-5-4-6-10-19/h4-12,18,20H,13-17H2,1-3H3,(H,26,29). The second-order valence-electron chi connectivity index (χ2n) is 8.99. The van der Waals surface area contributed by atoms with Crippen LogP contribution in [0.4, 0.5) is 17.2 Å². The summed E-state index contributed by atoms with van der Waals surface area (Å²) in [5.41, 5.74) is 4.12. The lowest BCUT2D eigenvalue weighted by Crippen LogP contribution is -2.53. The molecule has 1 unspecified atom stereocenters. The summed E-state index contributed by atoms with van der Waals surface area (Å²) in [7, 11) is 2.24. The van der Waals surface area contributed by atoms with Gasteiger partial charge in [-0.1, -0.05) is 42.5 Å². The highest BCUT2D eigenvalue weighted by atomic mass is 15.5. The number of rotatable bonds is 4. The van der Waals surface area contributed by atoms with Crippen LogP contribution in [0.5, 0.6) is 0 Å². The van der Waals surface area contributed by atoms with Gasteiger partial charge in [0.25, 0.3) is 0 Å². The molecule has 1 fully saturated rings. The van der Waals surface area contributed by atoms with Crippen LogP contribution in [-0.2, 0) is 6.42 Å². The third-order valence-electron chi connectivity index (χ3n) is 6.37. The van der Waals surface area contributed by atoms with E-state index in [0.29, 0.717) is 6.04 Å². The molecule has 2 aliphatic rings. The van der Waals surface area contributed by atoms with Crippen LogP contribution in [0.15, 0.2) is 59.6 Å². The minimum absolute atomic E-state index is 0.186. The van der Waals surface area contributed by atoms with Crippen LogP contribution in [0.25, 0.3) is 0 Å². The molecule has 0 saturated carbocycles. The van der Waals surface area contributed by atoms with Gasteiger partial charge in [-0.15, -0.1) is 10.2 Å². The summed E-state index contributed by atoms with van der Waals surface area (Å²) in [6.07, 6.45) is 2.19. The lowest BCUT2D eigenvalue weighted by atomic mass is 10.0. The number of fused-ring (bicyclic) bond motifs is 2. The van der Waals surface area contributed by atoms with E-state index in [4.69, 9.17) is 15.2 Å². The van der Waals surface area contributed by atoms with Crippen molar-refractivity contribution in [3.63, 3.8) is 0 Å². The van der Waals surface area contributed by atoms with Crippen LogP contribution in [0.2, 0.25) is 0 Å². The Bertz CT molecular complexity index is 1100. The van der Waals surface area contributed by atoms with Gasteiger partial charge in [0, 0.05) is 25.7 Å². The topological polar surface area (TPSA) is 61.6 Å². The lowest BCUT2D eigenvalue weighted by molar-refractivity contribution is 0.134. The van der Waals surface area contributed by atoms with E-state index in [9.17, 15) is 0 Å². The van der Waals surface area contributed by atoms with Gasteiger partial charge in [0.1, 0.15) is 0 Å². The number of nitrogens with one attached hydrogen (secondary N) is 1. The van der Waals surface area contributed by atoms with Gasteiger partial charge >= 0.3 is 0 Å². The zero-order chi connectivity index (χ0) is 22.1. The number of hydrogen-bond acceptors (Lipinski definition) is 6. The average molecular weight is 430 g/mol. The minimum Gasteiger partial charge on any atom is -0.352 e. The molecule has 1 N–H and O–H groups in total. The molecule has 1 saturated heterocycles. The minimum atomic E-state index is 0.186. The third-order valence-corrected chi connectivity index (χ3v) is 6.37. The molecule has 5 rings (SSSR count). The molecule has 3 heterocycles. The SMILES string of the molecule is CC(C)n1nc2c(n1)C(N1CCN(C)C(CCc3ccccc3)C1)=Nc1ccccc1N2. The molecule has 0 amide bonds. The number of para-hydroxylation sites is 2. The van der Waals surface area contributed by atoms with E-state index in [0.717, 1.165) is 61.2 Å². The maximum atomic E-state index is 5.10. The molecule has 3 aromatic rings. The van der Waals surface area contributed by atoms with Crippen molar-refractivity contribution in [1.82, 2.24) is 24.8 Å². The fourth-order valence-corrected chi connectivity index (χ4v) is 4.41. The quantitative estimate of drug-likeness (QED) is 0.672. The zero-order valence-electron chi connectivity index (χ0n) is 19.1. The highest BCUT2D eigenvalue weighted by molar-refractivity contribution is 6.05. The maximum absolute atomic E-state index is 5.10. The normalized spacial score (nSPS) is 18.6. The predicted molar refractivity (Wildman–Crippen MR) is 129 cm³/mol. The molecule has 1 atom stereocenters. The molecule has 7 heteroatoms. The van der Waals surface area contributed by atoms with Gasteiger partial charge in [0.15, 0.2) is 17.3 Å². The molecule has 1 aromatic heterocycles. The van der Waals surface area contributed by atoms with E-state index in [2.05, 4.69) is 66.3 Å². The number of aliphatic imine (C=N–C) groups is 1. The van der Waals surface area contributed by atoms with Crippen molar-refractivity contribution in [1.29, 1.82) is 0 Å². The molecular formula is C25H31N7. The number of hydrogen-bond donors (Lipinski definition) is 1. The fourth-order valence-electron chi connectivity index (χ4n) is 4.41. The van der Waals surface area contributed by atoms with Crippen molar-refractivity contribution in [3.05, 3.63) is 65.9 Å². The largest absolute Gasteiger partial charge is 0.352 e. The summed E-state index contributed by atoms with van der Waals surface area (Å²) < 4.78 is 0. The summed E-state index contributed by atoms with van der Waals surface area (Å²) in [5, 5.41) is 13.1. The summed E-state index contributed by atoms with van der Waals surface area (Å²) in [4.78, 5) is 11.8. The van der Waals surface area contributed by atoms with E-state index < -0.39 is 0 Å². The van der Waals surface area contributed by atoms with Crippen molar-refractivity contribution in [3.8, 4) is 0 Å². The third kappa shape index (κ3) is 4.12. The first-order valence-electron chi connectivity index (χ1n) is 11.5. The molecule has 2 aromatic carbocycles. The molecule has 166 valence electrons. The van der Waals surface area contributed by atoms with Gasteiger partial charge in [0.2, 0.25) is 0 Å².